The van der Waals surface area contributed by atoms with Gasteiger partial charge in [-0.15, -0.1) is 11.3 Å². The predicted octanol–water partition coefficient (Wildman–Crippen LogP) is 6.63. The van der Waals surface area contributed by atoms with Gasteiger partial charge in [0.05, 0.1) is 11.1 Å². The van der Waals surface area contributed by atoms with Crippen LogP contribution in [0.1, 0.15) is 70.5 Å². The minimum absolute atomic E-state index is 0.256. The van der Waals surface area contributed by atoms with Crippen molar-refractivity contribution in [3.63, 3.8) is 0 Å². The summed E-state index contributed by atoms with van der Waals surface area (Å²) in [6.07, 6.45) is 4.91. The van der Waals surface area contributed by atoms with Gasteiger partial charge in [-0.3, -0.25) is 0 Å². The highest BCUT2D eigenvalue weighted by molar-refractivity contribution is 7.16. The number of benzene rings is 1. The van der Waals surface area contributed by atoms with Crippen LogP contribution in [0.2, 0.25) is 0 Å². The third kappa shape index (κ3) is 4.38. The van der Waals surface area contributed by atoms with Gasteiger partial charge >= 0.3 is 5.97 Å². The van der Waals surface area contributed by atoms with E-state index >= 15 is 0 Å². The van der Waals surface area contributed by atoms with Gasteiger partial charge in [0.25, 0.3) is 0 Å². The highest BCUT2D eigenvalue weighted by Crippen LogP contribution is 2.44. The first-order valence-electron chi connectivity index (χ1n) is 11.2. The largest absolute Gasteiger partial charge is 0.478 e. The van der Waals surface area contributed by atoms with Crippen molar-refractivity contribution in [2.45, 2.75) is 53.9 Å². The zero-order chi connectivity index (χ0) is 23.9. The molecule has 0 unspecified atom stereocenters. The molecule has 0 amide bonds. The zero-order valence-corrected chi connectivity index (χ0v) is 20.6. The lowest BCUT2D eigenvalue weighted by Gasteiger charge is -2.33. The molecule has 0 saturated carbocycles. The molecule has 1 aromatic carbocycles. The van der Waals surface area contributed by atoms with E-state index in [9.17, 15) is 15.2 Å². The molecule has 0 radical (unpaired) electrons. The Hall–Kier alpha value is -3.17. The molecule has 1 aliphatic rings. The van der Waals surface area contributed by atoms with E-state index in [1.807, 2.05) is 36.8 Å². The van der Waals surface area contributed by atoms with E-state index in [4.69, 9.17) is 4.99 Å². The quantitative estimate of drug-likeness (QED) is 0.445. The van der Waals surface area contributed by atoms with Gasteiger partial charge in [0.15, 0.2) is 0 Å². The maximum atomic E-state index is 11.4. The smallest absolute Gasteiger partial charge is 0.335 e. The van der Waals surface area contributed by atoms with E-state index in [0.29, 0.717) is 5.92 Å². The molecule has 6 heteroatoms. The lowest BCUT2D eigenvalue weighted by Crippen LogP contribution is -2.26. The molecule has 2 aromatic heterocycles. The Morgan fingerprint density at radius 3 is 2.73 bits per heavy atom. The van der Waals surface area contributed by atoms with Crippen LogP contribution in [0.15, 0.2) is 35.3 Å². The van der Waals surface area contributed by atoms with Crippen LogP contribution < -0.4 is 0 Å². The SMILES string of the molecule is Cc1cc(C=Nc2sc3c(c2C#N)CC[C@H](C(C)(C)C)C3)c(C)n1-c1cccc(C(=O)O)c1. The number of aliphatic imine (C=N–C) groups is 1. The summed E-state index contributed by atoms with van der Waals surface area (Å²) in [5.41, 5.74) is 6.16. The van der Waals surface area contributed by atoms with Crippen LogP contribution in [0, 0.1) is 36.5 Å². The van der Waals surface area contributed by atoms with Crippen molar-refractivity contribution >= 4 is 28.5 Å². The molecule has 0 spiro atoms. The monoisotopic (exact) mass is 459 g/mol. The average Bonchev–Trinajstić information content (AvgIpc) is 3.26. The number of carbonyl (C=O) groups is 1. The van der Waals surface area contributed by atoms with Crippen LogP contribution in [0.5, 0.6) is 0 Å². The maximum absolute atomic E-state index is 11.4. The molecule has 0 aliphatic heterocycles. The fourth-order valence-corrected chi connectivity index (χ4v) is 5.96. The standard InChI is InChI=1S/C27H29N3O2S/c1-16-11-19(17(2)30(16)21-8-6-7-18(12-21)26(31)32)15-29-25-23(14-28)22-10-9-20(27(3,4)5)13-24(22)33-25/h6-8,11-12,15,20H,9-10,13H2,1-5H3,(H,31,32)/t20-/m0/s1. The molecule has 1 atom stereocenters. The van der Waals surface area contributed by atoms with E-state index < -0.39 is 5.97 Å². The number of fused-ring (bicyclic) bond motifs is 1. The van der Waals surface area contributed by atoms with Gasteiger partial charge in [0.1, 0.15) is 11.1 Å². The molecule has 33 heavy (non-hydrogen) atoms. The molecule has 2 heterocycles. The Bertz CT molecular complexity index is 1300. The Kier molecular flexibility index (Phi) is 6.02. The number of nitrogens with zero attached hydrogens (tertiary/aromatic N) is 3. The van der Waals surface area contributed by atoms with Crippen molar-refractivity contribution in [2.75, 3.05) is 0 Å². The van der Waals surface area contributed by atoms with E-state index in [2.05, 4.69) is 26.8 Å². The van der Waals surface area contributed by atoms with E-state index in [-0.39, 0.29) is 11.0 Å². The van der Waals surface area contributed by atoms with Crippen LogP contribution >= 0.6 is 11.3 Å². The van der Waals surface area contributed by atoms with Crippen LogP contribution in [-0.2, 0) is 12.8 Å². The van der Waals surface area contributed by atoms with Crippen LogP contribution in [0.4, 0.5) is 5.00 Å². The summed E-state index contributed by atoms with van der Waals surface area (Å²) in [7, 11) is 0. The normalized spacial score (nSPS) is 16.1. The molecular formula is C27H29N3O2S. The summed E-state index contributed by atoms with van der Waals surface area (Å²) in [5.74, 6) is -0.326. The molecule has 170 valence electrons. The molecule has 4 rings (SSSR count). The Labute approximate surface area is 199 Å². The Morgan fingerprint density at radius 2 is 2.06 bits per heavy atom. The second-order valence-corrected chi connectivity index (χ2v) is 11.0. The number of hydrogen-bond acceptors (Lipinski definition) is 4. The maximum Gasteiger partial charge on any atom is 0.335 e. The van der Waals surface area contributed by atoms with Crippen molar-refractivity contribution in [2.24, 2.45) is 16.3 Å². The minimum atomic E-state index is -0.944. The fourth-order valence-electron chi connectivity index (χ4n) is 4.74. The van der Waals surface area contributed by atoms with Crippen LogP contribution in [0.3, 0.4) is 0 Å². The van der Waals surface area contributed by atoms with Crippen molar-refractivity contribution in [1.29, 1.82) is 5.26 Å². The number of carboxylic acid groups (broad SMARTS) is 1. The molecule has 1 N–H and O–H groups in total. The van der Waals surface area contributed by atoms with Gasteiger partial charge in [-0.25, -0.2) is 9.79 Å². The lowest BCUT2D eigenvalue weighted by molar-refractivity contribution is 0.0697. The molecule has 1 aliphatic carbocycles. The Balaban J connectivity index is 1.67. The van der Waals surface area contributed by atoms with E-state index in [1.165, 1.54) is 10.4 Å². The number of aromatic nitrogens is 1. The number of thiophene rings is 1. The summed E-state index contributed by atoms with van der Waals surface area (Å²) in [6.45, 7) is 10.9. The van der Waals surface area contributed by atoms with Gasteiger partial charge in [0.2, 0.25) is 0 Å². The van der Waals surface area contributed by atoms with Gasteiger partial charge in [-0.1, -0.05) is 26.8 Å². The lowest BCUT2D eigenvalue weighted by atomic mass is 9.72. The number of rotatable bonds is 4. The van der Waals surface area contributed by atoms with Crippen molar-refractivity contribution in [3.8, 4) is 11.8 Å². The molecular weight excluding hydrogens is 430 g/mol. The number of nitriles is 1. The first-order valence-corrected chi connectivity index (χ1v) is 12.0. The van der Waals surface area contributed by atoms with Gasteiger partial charge in [-0.05, 0) is 74.3 Å². The minimum Gasteiger partial charge on any atom is -0.478 e. The summed E-state index contributed by atoms with van der Waals surface area (Å²) < 4.78 is 2.03. The second-order valence-electron chi connectivity index (χ2n) is 9.88. The summed E-state index contributed by atoms with van der Waals surface area (Å²) in [5, 5.41) is 20.0. The van der Waals surface area contributed by atoms with Gasteiger partial charge < -0.3 is 9.67 Å². The van der Waals surface area contributed by atoms with Crippen molar-refractivity contribution in [3.05, 3.63) is 68.9 Å². The first kappa shape index (κ1) is 23.0. The number of aromatic carboxylic acids is 1. The van der Waals surface area contributed by atoms with E-state index in [0.717, 1.165) is 52.5 Å². The van der Waals surface area contributed by atoms with Crippen molar-refractivity contribution in [1.82, 2.24) is 4.57 Å². The van der Waals surface area contributed by atoms with Crippen LogP contribution in [0.25, 0.3) is 5.69 Å². The molecule has 0 saturated heterocycles. The van der Waals surface area contributed by atoms with Crippen LogP contribution in [-0.4, -0.2) is 21.9 Å². The molecule has 0 bridgehead atoms. The average molecular weight is 460 g/mol. The topological polar surface area (TPSA) is 78.4 Å². The first-order chi connectivity index (χ1) is 15.6. The number of hydrogen-bond donors (Lipinski definition) is 1. The van der Waals surface area contributed by atoms with Crippen molar-refractivity contribution < 1.29 is 9.90 Å². The highest BCUT2D eigenvalue weighted by Gasteiger charge is 2.32. The molecule has 5 nitrogen and oxygen atoms in total. The number of aryl methyl sites for hydroxylation is 1. The van der Waals surface area contributed by atoms with E-state index in [1.54, 1.807) is 29.5 Å². The summed E-state index contributed by atoms with van der Waals surface area (Å²) in [4.78, 5) is 17.4. The van der Waals surface area contributed by atoms with Gasteiger partial charge in [-0.2, -0.15) is 5.26 Å². The zero-order valence-electron chi connectivity index (χ0n) is 19.8. The highest BCUT2D eigenvalue weighted by atomic mass is 32.1. The third-order valence-corrected chi connectivity index (χ3v) is 7.89. The molecule has 0 fully saturated rings. The van der Waals surface area contributed by atoms with Gasteiger partial charge in [0, 0.05) is 33.7 Å². The third-order valence-electron chi connectivity index (χ3n) is 6.73. The fraction of sp³-hybridized carbons (Fsp3) is 0.370. The second kappa shape index (κ2) is 8.64. The molecule has 3 aromatic rings. The summed E-state index contributed by atoms with van der Waals surface area (Å²) >= 11 is 1.65. The summed E-state index contributed by atoms with van der Waals surface area (Å²) in [6, 6.07) is 11.4. The number of carboxylic acids is 1. The predicted molar refractivity (Wildman–Crippen MR) is 133 cm³/mol. The Morgan fingerprint density at radius 1 is 1.30 bits per heavy atom.